The predicted octanol–water partition coefficient (Wildman–Crippen LogP) is 3.00. The Morgan fingerprint density at radius 3 is 2.65 bits per heavy atom. The Kier molecular flexibility index (Phi) is 4.31. The van der Waals surface area contributed by atoms with Crippen molar-refractivity contribution in [3.63, 3.8) is 0 Å². The lowest BCUT2D eigenvalue weighted by atomic mass is 10.1. The molecule has 1 saturated carbocycles. The number of aromatic nitrogens is 1. The van der Waals surface area contributed by atoms with Gasteiger partial charge in [-0.2, -0.15) is 0 Å². The molecular formula is C16H23NO3. The van der Waals surface area contributed by atoms with E-state index in [1.807, 2.05) is 6.92 Å². The number of esters is 1. The van der Waals surface area contributed by atoms with Crippen molar-refractivity contribution in [2.24, 2.45) is 5.92 Å². The third-order valence-electron chi connectivity index (χ3n) is 4.21. The van der Waals surface area contributed by atoms with Gasteiger partial charge in [0.1, 0.15) is 0 Å². The summed E-state index contributed by atoms with van der Waals surface area (Å²) in [5.41, 5.74) is 1.99. The Bertz CT molecular complexity index is 574. The summed E-state index contributed by atoms with van der Waals surface area (Å²) in [4.78, 5) is 24.4. The number of carbonyl (C=O) groups is 1. The normalized spacial score (nSPS) is 22.0. The van der Waals surface area contributed by atoms with Crippen molar-refractivity contribution >= 4 is 5.97 Å². The lowest BCUT2D eigenvalue weighted by Gasteiger charge is -2.20. The van der Waals surface area contributed by atoms with Crippen LogP contribution >= 0.6 is 0 Å². The highest BCUT2D eigenvalue weighted by Crippen LogP contribution is 2.34. The highest BCUT2D eigenvalue weighted by atomic mass is 16.5. The third kappa shape index (κ3) is 2.65. The van der Waals surface area contributed by atoms with Gasteiger partial charge in [-0.1, -0.05) is 6.92 Å². The maximum Gasteiger partial charge on any atom is 0.340 e. The number of hydrogen-bond acceptors (Lipinski definition) is 3. The van der Waals surface area contributed by atoms with Crippen LogP contribution in [0.25, 0.3) is 0 Å². The van der Waals surface area contributed by atoms with Crippen LogP contribution in [-0.2, 0) is 4.74 Å². The van der Waals surface area contributed by atoms with Gasteiger partial charge in [-0.25, -0.2) is 4.79 Å². The van der Waals surface area contributed by atoms with Gasteiger partial charge in [0, 0.05) is 17.8 Å². The van der Waals surface area contributed by atoms with E-state index in [-0.39, 0.29) is 17.6 Å². The van der Waals surface area contributed by atoms with E-state index in [9.17, 15) is 9.59 Å². The van der Waals surface area contributed by atoms with Gasteiger partial charge in [0.2, 0.25) is 0 Å². The number of nitrogens with zero attached hydrogens (tertiary/aromatic N) is 1. The predicted molar refractivity (Wildman–Crippen MR) is 78.2 cm³/mol. The molecule has 1 heterocycles. The first-order valence-corrected chi connectivity index (χ1v) is 7.35. The number of rotatable bonds is 3. The van der Waals surface area contributed by atoms with E-state index < -0.39 is 0 Å². The standard InChI is InChI=1S/C16H23NO3/c1-5-20-16(19)15-11(3)9-14(18)17(12(15)4)13-7-6-10(2)8-13/h9-10,13H,5-8H2,1-4H3. The van der Waals surface area contributed by atoms with Crippen LogP contribution in [0.5, 0.6) is 0 Å². The number of ether oxygens (including phenoxy) is 1. The SMILES string of the molecule is CCOC(=O)c1c(C)cc(=O)n(C2CCC(C)C2)c1C. The van der Waals surface area contributed by atoms with Crippen LogP contribution in [0.4, 0.5) is 0 Å². The van der Waals surface area contributed by atoms with Crippen LogP contribution < -0.4 is 5.56 Å². The van der Waals surface area contributed by atoms with Gasteiger partial charge in [-0.3, -0.25) is 4.79 Å². The highest BCUT2D eigenvalue weighted by molar-refractivity contribution is 5.92. The molecule has 0 aromatic carbocycles. The minimum absolute atomic E-state index is 0.00727. The Balaban J connectivity index is 2.50. The van der Waals surface area contributed by atoms with E-state index >= 15 is 0 Å². The summed E-state index contributed by atoms with van der Waals surface area (Å²) in [5.74, 6) is 0.306. The Hall–Kier alpha value is -1.58. The quantitative estimate of drug-likeness (QED) is 0.798. The second-order valence-electron chi connectivity index (χ2n) is 5.79. The second kappa shape index (κ2) is 5.81. The van der Waals surface area contributed by atoms with Crippen LogP contribution in [0.1, 0.15) is 60.8 Å². The molecule has 4 heteroatoms. The lowest BCUT2D eigenvalue weighted by molar-refractivity contribution is 0.0523. The first kappa shape index (κ1) is 14.8. The van der Waals surface area contributed by atoms with Crippen molar-refractivity contribution in [1.82, 2.24) is 4.57 Å². The lowest BCUT2D eigenvalue weighted by Crippen LogP contribution is -2.28. The fourth-order valence-electron chi connectivity index (χ4n) is 3.28. The van der Waals surface area contributed by atoms with Gasteiger partial charge in [0.25, 0.3) is 5.56 Å². The Morgan fingerprint density at radius 2 is 2.10 bits per heavy atom. The maximum absolute atomic E-state index is 12.3. The first-order chi connectivity index (χ1) is 9.45. The summed E-state index contributed by atoms with van der Waals surface area (Å²) in [6, 6.07) is 1.77. The van der Waals surface area contributed by atoms with E-state index in [4.69, 9.17) is 4.74 Å². The summed E-state index contributed by atoms with van der Waals surface area (Å²) in [6.45, 7) is 7.99. The van der Waals surface area contributed by atoms with Crippen molar-refractivity contribution in [3.8, 4) is 0 Å². The van der Waals surface area contributed by atoms with Crippen LogP contribution in [0.15, 0.2) is 10.9 Å². The molecule has 2 unspecified atom stereocenters. The van der Waals surface area contributed by atoms with Crippen molar-refractivity contribution < 1.29 is 9.53 Å². The Labute approximate surface area is 119 Å². The zero-order chi connectivity index (χ0) is 14.9. The van der Waals surface area contributed by atoms with Crippen LogP contribution in [0, 0.1) is 19.8 Å². The topological polar surface area (TPSA) is 48.3 Å². The molecule has 0 bridgehead atoms. The maximum atomic E-state index is 12.3. The monoisotopic (exact) mass is 277 g/mol. The zero-order valence-corrected chi connectivity index (χ0v) is 12.7. The van der Waals surface area contributed by atoms with E-state index in [0.717, 1.165) is 25.0 Å². The van der Waals surface area contributed by atoms with Gasteiger partial charge >= 0.3 is 5.97 Å². The van der Waals surface area contributed by atoms with Crippen molar-refractivity contribution in [3.05, 3.63) is 33.2 Å². The smallest absolute Gasteiger partial charge is 0.340 e. The largest absolute Gasteiger partial charge is 0.462 e. The molecule has 0 radical (unpaired) electrons. The number of aryl methyl sites for hydroxylation is 1. The molecule has 4 nitrogen and oxygen atoms in total. The molecule has 1 aromatic heterocycles. The van der Waals surface area contributed by atoms with Gasteiger partial charge in [-0.15, -0.1) is 0 Å². The summed E-state index contributed by atoms with van der Waals surface area (Å²) in [5, 5.41) is 0. The molecule has 0 aliphatic heterocycles. The fraction of sp³-hybridized carbons (Fsp3) is 0.625. The minimum atomic E-state index is -0.331. The van der Waals surface area contributed by atoms with Gasteiger partial charge in [-0.05, 0) is 51.5 Å². The molecule has 1 aliphatic rings. The highest BCUT2D eigenvalue weighted by Gasteiger charge is 2.27. The van der Waals surface area contributed by atoms with Crippen LogP contribution in [0.2, 0.25) is 0 Å². The molecule has 20 heavy (non-hydrogen) atoms. The number of carbonyl (C=O) groups excluding carboxylic acids is 1. The number of pyridine rings is 1. The van der Waals surface area contributed by atoms with Gasteiger partial charge < -0.3 is 9.30 Å². The minimum Gasteiger partial charge on any atom is -0.462 e. The molecule has 2 rings (SSSR count). The molecule has 0 amide bonds. The summed E-state index contributed by atoms with van der Waals surface area (Å²) in [7, 11) is 0. The van der Waals surface area contributed by atoms with Crippen molar-refractivity contribution in [1.29, 1.82) is 0 Å². The molecule has 1 aliphatic carbocycles. The van der Waals surface area contributed by atoms with Crippen LogP contribution in [0.3, 0.4) is 0 Å². The first-order valence-electron chi connectivity index (χ1n) is 7.35. The zero-order valence-electron chi connectivity index (χ0n) is 12.7. The van der Waals surface area contributed by atoms with E-state index in [2.05, 4.69) is 6.92 Å². The van der Waals surface area contributed by atoms with Gasteiger partial charge in [0.15, 0.2) is 0 Å². The molecule has 0 saturated heterocycles. The summed E-state index contributed by atoms with van der Waals surface area (Å²) >= 11 is 0. The van der Waals surface area contributed by atoms with Gasteiger partial charge in [0.05, 0.1) is 12.2 Å². The molecule has 0 N–H and O–H groups in total. The molecular weight excluding hydrogens is 254 g/mol. The molecule has 2 atom stereocenters. The van der Waals surface area contributed by atoms with E-state index in [1.54, 1.807) is 24.5 Å². The molecule has 1 aromatic rings. The molecule has 1 fully saturated rings. The van der Waals surface area contributed by atoms with Crippen molar-refractivity contribution in [2.75, 3.05) is 6.61 Å². The Morgan fingerprint density at radius 1 is 1.40 bits per heavy atom. The summed E-state index contributed by atoms with van der Waals surface area (Å²) < 4.78 is 6.91. The molecule has 110 valence electrons. The average Bonchev–Trinajstić information content (AvgIpc) is 2.75. The van der Waals surface area contributed by atoms with E-state index in [1.165, 1.54) is 0 Å². The third-order valence-corrected chi connectivity index (χ3v) is 4.21. The fourth-order valence-corrected chi connectivity index (χ4v) is 3.28. The summed E-state index contributed by atoms with van der Waals surface area (Å²) in [6.07, 6.45) is 3.15. The van der Waals surface area contributed by atoms with E-state index in [0.29, 0.717) is 23.7 Å². The molecule has 0 spiro atoms. The van der Waals surface area contributed by atoms with Crippen molar-refractivity contribution in [2.45, 2.75) is 53.0 Å². The second-order valence-corrected chi connectivity index (χ2v) is 5.79. The number of hydrogen-bond donors (Lipinski definition) is 0. The van der Waals surface area contributed by atoms with Crippen LogP contribution in [-0.4, -0.2) is 17.1 Å². The average molecular weight is 277 g/mol.